The Morgan fingerprint density at radius 1 is 1.29 bits per heavy atom. The number of fused-ring (bicyclic) bond motifs is 1. The summed E-state index contributed by atoms with van der Waals surface area (Å²) in [5, 5.41) is 18.7. The molecule has 1 unspecified atom stereocenters. The van der Waals surface area contributed by atoms with Gasteiger partial charge in [0.05, 0.1) is 5.69 Å². The highest BCUT2D eigenvalue weighted by molar-refractivity contribution is 7.16. The third kappa shape index (κ3) is 4.22. The molecular weight excluding hydrogens is 463 g/mol. The standard InChI is InChI=1S/C25H27FN8S/c1-5-19-23(24-29-21(12-16(3)34(24)31-19)33-11-10-28-15(2)14-33)32(4)25-30-22(20(13-27)35-25)17-6-8-18(26)9-7-17/h6-9,12,15,28H,5,10-11,14H2,1-4H3. The molecule has 0 radical (unpaired) electrons. The molecule has 0 saturated carbocycles. The lowest BCUT2D eigenvalue weighted by Gasteiger charge is -2.33. The summed E-state index contributed by atoms with van der Waals surface area (Å²) >= 11 is 1.31. The molecule has 1 atom stereocenters. The molecule has 1 aromatic carbocycles. The van der Waals surface area contributed by atoms with Gasteiger partial charge in [0.2, 0.25) is 0 Å². The number of nitrogens with zero attached hydrogens (tertiary/aromatic N) is 7. The van der Waals surface area contributed by atoms with E-state index in [1.807, 2.05) is 23.4 Å². The summed E-state index contributed by atoms with van der Waals surface area (Å²) in [5.74, 6) is 0.610. The van der Waals surface area contributed by atoms with Gasteiger partial charge in [-0.25, -0.2) is 18.9 Å². The average Bonchev–Trinajstić information content (AvgIpc) is 3.46. The summed E-state index contributed by atoms with van der Waals surface area (Å²) in [6.07, 6.45) is 0.726. The summed E-state index contributed by atoms with van der Waals surface area (Å²) in [7, 11) is 1.93. The number of nitriles is 1. The predicted molar refractivity (Wildman–Crippen MR) is 137 cm³/mol. The molecule has 10 heteroatoms. The summed E-state index contributed by atoms with van der Waals surface area (Å²) < 4.78 is 15.3. The molecule has 4 heterocycles. The molecule has 35 heavy (non-hydrogen) atoms. The summed E-state index contributed by atoms with van der Waals surface area (Å²) in [6.45, 7) is 9.00. The van der Waals surface area contributed by atoms with Gasteiger partial charge in [0.25, 0.3) is 0 Å². The van der Waals surface area contributed by atoms with Gasteiger partial charge < -0.3 is 15.1 Å². The lowest BCUT2D eigenvalue weighted by Crippen LogP contribution is -2.49. The van der Waals surface area contributed by atoms with Crippen LogP contribution in [0.3, 0.4) is 0 Å². The number of piperazine rings is 1. The lowest BCUT2D eigenvalue weighted by molar-refractivity contribution is 0.482. The van der Waals surface area contributed by atoms with Crippen LogP contribution < -0.4 is 15.1 Å². The number of rotatable bonds is 5. The molecule has 4 aromatic rings. The van der Waals surface area contributed by atoms with E-state index in [1.54, 1.807) is 12.1 Å². The van der Waals surface area contributed by atoms with Crippen molar-refractivity contribution in [2.45, 2.75) is 33.2 Å². The van der Waals surface area contributed by atoms with E-state index in [0.29, 0.717) is 27.3 Å². The first kappa shape index (κ1) is 23.2. The maximum absolute atomic E-state index is 13.4. The van der Waals surface area contributed by atoms with Crippen LogP contribution in [0.2, 0.25) is 0 Å². The molecule has 5 rings (SSSR count). The number of halogens is 1. The van der Waals surface area contributed by atoms with Gasteiger partial charge in [0.1, 0.15) is 34.0 Å². The Bertz CT molecular complexity index is 1420. The van der Waals surface area contributed by atoms with Crippen LogP contribution in [-0.4, -0.2) is 52.3 Å². The third-order valence-corrected chi connectivity index (χ3v) is 7.32. The van der Waals surface area contributed by atoms with Crippen LogP contribution in [0.5, 0.6) is 0 Å². The lowest BCUT2D eigenvalue weighted by atomic mass is 10.1. The van der Waals surface area contributed by atoms with E-state index in [9.17, 15) is 9.65 Å². The van der Waals surface area contributed by atoms with Crippen LogP contribution in [-0.2, 0) is 6.42 Å². The zero-order valence-corrected chi connectivity index (χ0v) is 21.0. The molecule has 1 aliphatic heterocycles. The summed E-state index contributed by atoms with van der Waals surface area (Å²) in [5.41, 5.74) is 4.82. The van der Waals surface area contributed by atoms with E-state index in [-0.39, 0.29) is 5.82 Å². The fraction of sp³-hybridized carbons (Fsp3) is 0.360. The van der Waals surface area contributed by atoms with E-state index in [4.69, 9.17) is 15.1 Å². The number of aromatic nitrogens is 4. The van der Waals surface area contributed by atoms with Crippen molar-refractivity contribution >= 4 is 33.6 Å². The van der Waals surface area contributed by atoms with E-state index >= 15 is 0 Å². The van der Waals surface area contributed by atoms with Crippen LogP contribution in [0, 0.1) is 24.1 Å². The van der Waals surface area contributed by atoms with Crippen molar-refractivity contribution in [2.24, 2.45) is 0 Å². The van der Waals surface area contributed by atoms with E-state index < -0.39 is 0 Å². The number of benzene rings is 1. The molecule has 180 valence electrons. The molecule has 1 N–H and O–H groups in total. The Hall–Kier alpha value is -3.55. The Morgan fingerprint density at radius 3 is 2.74 bits per heavy atom. The monoisotopic (exact) mass is 490 g/mol. The van der Waals surface area contributed by atoms with Gasteiger partial charge >= 0.3 is 0 Å². The van der Waals surface area contributed by atoms with Crippen LogP contribution >= 0.6 is 11.3 Å². The second kappa shape index (κ2) is 9.24. The molecule has 8 nitrogen and oxygen atoms in total. The highest BCUT2D eigenvalue weighted by Gasteiger charge is 2.25. The normalized spacial score (nSPS) is 16.0. The van der Waals surface area contributed by atoms with E-state index in [2.05, 4.69) is 36.2 Å². The molecule has 3 aromatic heterocycles. The minimum atomic E-state index is -0.324. The Kier molecular flexibility index (Phi) is 6.13. The first-order valence-corrected chi connectivity index (χ1v) is 12.5. The number of hydrogen-bond donors (Lipinski definition) is 1. The van der Waals surface area contributed by atoms with Gasteiger partial charge in [-0.2, -0.15) is 10.4 Å². The van der Waals surface area contributed by atoms with Crippen molar-refractivity contribution in [1.82, 2.24) is 24.9 Å². The Balaban J connectivity index is 1.61. The van der Waals surface area contributed by atoms with Crippen molar-refractivity contribution in [2.75, 3.05) is 36.5 Å². The second-order valence-corrected chi connectivity index (χ2v) is 9.77. The number of thiazole rings is 1. The largest absolute Gasteiger partial charge is 0.354 e. The Morgan fingerprint density at radius 2 is 2.06 bits per heavy atom. The number of hydrogen-bond acceptors (Lipinski definition) is 8. The van der Waals surface area contributed by atoms with E-state index in [0.717, 1.165) is 54.6 Å². The molecular formula is C25H27FN8S. The molecule has 0 amide bonds. The third-order valence-electron chi connectivity index (χ3n) is 6.28. The van der Waals surface area contributed by atoms with Gasteiger partial charge in [-0.1, -0.05) is 18.3 Å². The zero-order valence-electron chi connectivity index (χ0n) is 20.2. The van der Waals surface area contributed by atoms with Crippen molar-refractivity contribution in [1.29, 1.82) is 5.26 Å². The second-order valence-electron chi connectivity index (χ2n) is 8.79. The zero-order chi connectivity index (χ0) is 24.7. The predicted octanol–water partition coefficient (Wildman–Crippen LogP) is 4.30. The molecule has 0 bridgehead atoms. The van der Waals surface area contributed by atoms with Crippen molar-refractivity contribution in [3.8, 4) is 17.3 Å². The number of anilines is 3. The van der Waals surface area contributed by atoms with Crippen LogP contribution in [0.1, 0.15) is 30.1 Å². The van der Waals surface area contributed by atoms with Crippen LogP contribution in [0.15, 0.2) is 30.3 Å². The minimum Gasteiger partial charge on any atom is -0.354 e. The molecule has 0 aliphatic carbocycles. The fourth-order valence-electron chi connectivity index (χ4n) is 4.49. The smallest absolute Gasteiger partial charge is 0.191 e. The quantitative estimate of drug-likeness (QED) is 0.446. The van der Waals surface area contributed by atoms with Gasteiger partial charge in [-0.15, -0.1) is 0 Å². The summed E-state index contributed by atoms with van der Waals surface area (Å²) in [4.78, 5) is 14.6. The Labute approximate surface area is 207 Å². The van der Waals surface area contributed by atoms with Gasteiger partial charge in [0.15, 0.2) is 10.8 Å². The van der Waals surface area contributed by atoms with Gasteiger partial charge in [0, 0.05) is 50.0 Å². The SMILES string of the molecule is CCc1nn2c(C)cc(N3CCNC(C)C3)nc2c1N(C)c1nc(-c2ccc(F)cc2)c(C#N)s1. The van der Waals surface area contributed by atoms with Crippen molar-refractivity contribution in [3.63, 3.8) is 0 Å². The van der Waals surface area contributed by atoms with Crippen LogP contribution in [0.25, 0.3) is 16.9 Å². The minimum absolute atomic E-state index is 0.324. The topological polar surface area (TPSA) is 85.4 Å². The highest BCUT2D eigenvalue weighted by Crippen LogP contribution is 2.38. The molecule has 1 saturated heterocycles. The molecule has 1 aliphatic rings. The molecule has 0 spiro atoms. The maximum Gasteiger partial charge on any atom is 0.191 e. The average molecular weight is 491 g/mol. The first-order chi connectivity index (χ1) is 16.9. The highest BCUT2D eigenvalue weighted by atomic mass is 32.1. The summed E-state index contributed by atoms with van der Waals surface area (Å²) in [6, 6.07) is 10.8. The van der Waals surface area contributed by atoms with Crippen molar-refractivity contribution < 1.29 is 4.39 Å². The number of nitrogens with one attached hydrogen (secondary N) is 1. The van der Waals surface area contributed by atoms with E-state index in [1.165, 1.54) is 23.5 Å². The maximum atomic E-state index is 13.4. The first-order valence-electron chi connectivity index (χ1n) is 11.7. The van der Waals surface area contributed by atoms with Crippen LogP contribution in [0.4, 0.5) is 21.0 Å². The number of aryl methyl sites for hydroxylation is 2. The fourth-order valence-corrected chi connectivity index (χ4v) is 5.34. The van der Waals surface area contributed by atoms with Gasteiger partial charge in [-0.05, 0) is 44.5 Å². The van der Waals surface area contributed by atoms with Crippen molar-refractivity contribution in [3.05, 3.63) is 52.4 Å². The molecule has 1 fully saturated rings. The van der Waals surface area contributed by atoms with Gasteiger partial charge in [-0.3, -0.25) is 0 Å².